The third kappa shape index (κ3) is 2.90. The van der Waals surface area contributed by atoms with Crippen LogP contribution in [0, 0.1) is 12.8 Å². The van der Waals surface area contributed by atoms with Crippen molar-refractivity contribution in [3.8, 4) is 0 Å². The maximum Gasteiger partial charge on any atom is 0.254 e. The minimum atomic E-state index is -0.338. The Hall–Kier alpha value is -1.73. The molecule has 1 N–H and O–H groups in total. The minimum Gasteiger partial charge on any atom is -0.367 e. The summed E-state index contributed by atoms with van der Waals surface area (Å²) in [4.78, 5) is 8.48. The Morgan fingerprint density at radius 2 is 2.22 bits per heavy atom. The van der Waals surface area contributed by atoms with Crippen molar-refractivity contribution in [3.05, 3.63) is 18.1 Å². The second kappa shape index (κ2) is 5.72. The van der Waals surface area contributed by atoms with E-state index in [0.717, 1.165) is 30.3 Å². The number of rotatable bonds is 3. The van der Waals surface area contributed by atoms with Gasteiger partial charge in [-0.15, -0.1) is 0 Å². The van der Waals surface area contributed by atoms with Crippen molar-refractivity contribution >= 4 is 11.6 Å². The number of hydrogen-bond acceptors (Lipinski definition) is 6. The molecular formula is C16H23N5O2. The average Bonchev–Trinajstić information content (AvgIpc) is 3.15. The zero-order chi connectivity index (χ0) is 15.9. The lowest BCUT2D eigenvalue weighted by Crippen LogP contribution is -2.36. The van der Waals surface area contributed by atoms with Gasteiger partial charge in [0.2, 0.25) is 0 Å². The van der Waals surface area contributed by atoms with Gasteiger partial charge in [0.25, 0.3) is 5.78 Å². The highest BCUT2D eigenvalue weighted by Crippen LogP contribution is 2.39. The molecule has 7 nitrogen and oxygen atoms in total. The van der Waals surface area contributed by atoms with Crippen LogP contribution < -0.4 is 5.32 Å². The molecule has 0 radical (unpaired) electrons. The Labute approximate surface area is 135 Å². The molecule has 2 aromatic rings. The van der Waals surface area contributed by atoms with Gasteiger partial charge in [0.1, 0.15) is 18.2 Å². The van der Waals surface area contributed by atoms with Crippen molar-refractivity contribution in [1.82, 2.24) is 19.6 Å². The van der Waals surface area contributed by atoms with Crippen LogP contribution in [0.3, 0.4) is 0 Å². The number of anilines is 1. The van der Waals surface area contributed by atoms with Crippen LogP contribution in [0.4, 0.5) is 5.82 Å². The Kier molecular flexibility index (Phi) is 3.69. The van der Waals surface area contributed by atoms with Crippen molar-refractivity contribution in [3.63, 3.8) is 0 Å². The molecule has 23 heavy (non-hydrogen) atoms. The van der Waals surface area contributed by atoms with Crippen LogP contribution in [0.2, 0.25) is 0 Å². The van der Waals surface area contributed by atoms with Gasteiger partial charge >= 0.3 is 0 Å². The third-order valence-electron chi connectivity index (χ3n) is 4.84. The van der Waals surface area contributed by atoms with Gasteiger partial charge in [-0.2, -0.15) is 14.6 Å². The van der Waals surface area contributed by atoms with Crippen LogP contribution in [0.25, 0.3) is 5.78 Å². The highest BCUT2D eigenvalue weighted by Gasteiger charge is 2.43. The molecule has 0 unspecified atom stereocenters. The fraction of sp³-hybridized carbons (Fsp3) is 0.688. The Bertz CT molecular complexity index is 693. The van der Waals surface area contributed by atoms with Crippen LogP contribution in [-0.4, -0.2) is 44.6 Å². The van der Waals surface area contributed by atoms with Crippen LogP contribution in [-0.2, 0) is 9.47 Å². The van der Waals surface area contributed by atoms with Crippen LogP contribution >= 0.6 is 0 Å². The number of aromatic nitrogens is 4. The highest BCUT2D eigenvalue weighted by molar-refractivity contribution is 5.44. The molecule has 1 aliphatic carbocycles. The predicted molar refractivity (Wildman–Crippen MR) is 85.2 cm³/mol. The first kappa shape index (κ1) is 14.8. The lowest BCUT2D eigenvalue weighted by atomic mass is 9.86. The molecule has 1 atom stereocenters. The Balaban J connectivity index is 1.41. The monoisotopic (exact) mass is 317 g/mol. The number of hydrogen-bond donors (Lipinski definition) is 1. The summed E-state index contributed by atoms with van der Waals surface area (Å²) < 4.78 is 14.0. The summed E-state index contributed by atoms with van der Waals surface area (Å²) in [5.74, 6) is 1.93. The van der Waals surface area contributed by atoms with Crippen LogP contribution in [0.15, 0.2) is 12.4 Å². The largest absolute Gasteiger partial charge is 0.367 e. The van der Waals surface area contributed by atoms with Crippen molar-refractivity contribution < 1.29 is 9.47 Å². The lowest BCUT2D eigenvalue weighted by molar-refractivity contribution is -0.190. The van der Waals surface area contributed by atoms with Gasteiger partial charge in [0.15, 0.2) is 5.79 Å². The molecule has 124 valence electrons. The van der Waals surface area contributed by atoms with E-state index in [0.29, 0.717) is 18.9 Å². The van der Waals surface area contributed by atoms with E-state index in [4.69, 9.17) is 9.47 Å². The van der Waals surface area contributed by atoms with E-state index in [1.807, 2.05) is 13.0 Å². The normalized spacial score (nSPS) is 31.0. The Morgan fingerprint density at radius 1 is 1.39 bits per heavy atom. The standard InChI is InChI=1S/C16H23N5O2/c1-11-3-5-16(6-4-11)22-9-13(23-16)8-17-14-7-12(2)20-15-18-10-19-21(14)15/h7,10-11,13,17H,3-6,8-9H2,1-2H3/t11?,13-,16?/m0/s1. The summed E-state index contributed by atoms with van der Waals surface area (Å²) in [6.07, 6.45) is 5.96. The second-order valence-corrected chi connectivity index (χ2v) is 6.78. The molecule has 1 spiro atoms. The van der Waals surface area contributed by atoms with Gasteiger partial charge in [0.05, 0.1) is 6.61 Å². The summed E-state index contributed by atoms with van der Waals surface area (Å²) in [7, 11) is 0. The van der Waals surface area contributed by atoms with Crippen LogP contribution in [0.5, 0.6) is 0 Å². The van der Waals surface area contributed by atoms with Gasteiger partial charge in [-0.1, -0.05) is 6.92 Å². The van der Waals surface area contributed by atoms with E-state index in [2.05, 4.69) is 27.3 Å². The summed E-state index contributed by atoms with van der Waals surface area (Å²) in [6.45, 7) is 5.59. The molecule has 2 aromatic heterocycles. The molecule has 0 aromatic carbocycles. The first-order valence-electron chi connectivity index (χ1n) is 8.37. The molecule has 2 fully saturated rings. The number of nitrogens with one attached hydrogen (secondary N) is 1. The van der Waals surface area contributed by atoms with Crippen LogP contribution in [0.1, 0.15) is 38.3 Å². The summed E-state index contributed by atoms with van der Waals surface area (Å²) in [5, 5.41) is 7.61. The van der Waals surface area contributed by atoms with Gasteiger partial charge in [0, 0.05) is 31.1 Å². The van der Waals surface area contributed by atoms with Crippen molar-refractivity contribution in [1.29, 1.82) is 0 Å². The van der Waals surface area contributed by atoms with Crippen molar-refractivity contribution in [2.45, 2.75) is 51.4 Å². The average molecular weight is 317 g/mol. The number of nitrogens with zero attached hydrogens (tertiary/aromatic N) is 4. The maximum absolute atomic E-state index is 6.24. The quantitative estimate of drug-likeness (QED) is 0.935. The predicted octanol–water partition coefficient (Wildman–Crippen LogP) is 2.17. The van der Waals surface area contributed by atoms with Gasteiger partial charge in [-0.3, -0.25) is 0 Å². The zero-order valence-electron chi connectivity index (χ0n) is 13.7. The fourth-order valence-corrected chi connectivity index (χ4v) is 3.46. The molecule has 0 amide bonds. The highest BCUT2D eigenvalue weighted by atomic mass is 16.7. The molecule has 7 heteroatoms. The molecular weight excluding hydrogens is 294 g/mol. The SMILES string of the molecule is Cc1cc(NC[C@H]2COC3(CCC(C)CC3)O2)n2ncnc2n1. The first-order chi connectivity index (χ1) is 11.1. The number of aryl methyl sites for hydroxylation is 1. The zero-order valence-corrected chi connectivity index (χ0v) is 13.7. The van der Waals surface area contributed by atoms with E-state index >= 15 is 0 Å². The Morgan fingerprint density at radius 3 is 3.04 bits per heavy atom. The third-order valence-corrected chi connectivity index (χ3v) is 4.84. The summed E-state index contributed by atoms with van der Waals surface area (Å²) >= 11 is 0. The number of ether oxygens (including phenoxy) is 2. The van der Waals surface area contributed by atoms with Gasteiger partial charge in [-0.25, -0.2) is 4.98 Å². The molecule has 4 rings (SSSR count). The molecule has 2 aliphatic rings. The van der Waals surface area contributed by atoms with E-state index < -0.39 is 0 Å². The van der Waals surface area contributed by atoms with E-state index in [1.165, 1.54) is 19.2 Å². The topological polar surface area (TPSA) is 73.6 Å². The first-order valence-corrected chi connectivity index (χ1v) is 8.37. The van der Waals surface area contributed by atoms with E-state index in [1.54, 1.807) is 4.52 Å². The molecule has 0 bridgehead atoms. The minimum absolute atomic E-state index is 0.0652. The van der Waals surface area contributed by atoms with E-state index in [-0.39, 0.29) is 11.9 Å². The van der Waals surface area contributed by atoms with Gasteiger partial charge < -0.3 is 14.8 Å². The molecule has 1 saturated heterocycles. The lowest BCUT2D eigenvalue weighted by Gasteiger charge is -2.34. The summed E-state index contributed by atoms with van der Waals surface area (Å²) in [5.41, 5.74) is 0.911. The van der Waals surface area contributed by atoms with Crippen molar-refractivity contribution in [2.24, 2.45) is 5.92 Å². The fourth-order valence-electron chi connectivity index (χ4n) is 3.46. The second-order valence-electron chi connectivity index (χ2n) is 6.78. The number of fused-ring (bicyclic) bond motifs is 1. The molecule has 3 heterocycles. The van der Waals surface area contributed by atoms with Gasteiger partial charge in [-0.05, 0) is 25.7 Å². The molecule has 1 saturated carbocycles. The smallest absolute Gasteiger partial charge is 0.254 e. The maximum atomic E-state index is 6.24. The van der Waals surface area contributed by atoms with E-state index in [9.17, 15) is 0 Å². The molecule has 1 aliphatic heterocycles. The summed E-state index contributed by atoms with van der Waals surface area (Å²) in [6, 6.07) is 1.97. The van der Waals surface area contributed by atoms with Crippen molar-refractivity contribution in [2.75, 3.05) is 18.5 Å².